The minimum atomic E-state index is -0.389. The van der Waals surface area contributed by atoms with Crippen molar-refractivity contribution >= 4 is 5.97 Å². The van der Waals surface area contributed by atoms with Crippen molar-refractivity contribution in [2.24, 2.45) is 11.8 Å². The van der Waals surface area contributed by atoms with Gasteiger partial charge in [-0.15, -0.1) is 0 Å². The van der Waals surface area contributed by atoms with E-state index in [2.05, 4.69) is 6.08 Å². The van der Waals surface area contributed by atoms with E-state index in [1.165, 1.54) is 12.0 Å². The van der Waals surface area contributed by atoms with E-state index in [1.807, 2.05) is 0 Å². The summed E-state index contributed by atoms with van der Waals surface area (Å²) >= 11 is 0. The molecule has 0 aromatic heterocycles. The Bertz CT molecular complexity index is 321. The highest BCUT2D eigenvalue weighted by molar-refractivity contribution is 5.72. The maximum absolute atomic E-state index is 11.3. The number of aliphatic hydroxyl groups is 1. The first kappa shape index (κ1) is 9.40. The number of rotatable bonds is 0. The maximum Gasteiger partial charge on any atom is 0.306 e. The summed E-state index contributed by atoms with van der Waals surface area (Å²) in [6.07, 6.45) is 6.29. The van der Waals surface area contributed by atoms with Crippen LogP contribution in [-0.2, 0) is 9.53 Å². The topological polar surface area (TPSA) is 46.5 Å². The Morgan fingerprint density at radius 2 is 2.33 bits per heavy atom. The van der Waals surface area contributed by atoms with Gasteiger partial charge in [0.15, 0.2) is 0 Å². The lowest BCUT2D eigenvalue weighted by Crippen LogP contribution is -2.31. The molecule has 2 fully saturated rings. The number of ether oxygens (including phenoxy) is 1. The number of fused-ring (bicyclic) bond motifs is 3. The van der Waals surface area contributed by atoms with E-state index < -0.39 is 0 Å². The Labute approximate surface area is 89.1 Å². The molecule has 4 atom stereocenters. The van der Waals surface area contributed by atoms with Crippen LogP contribution in [0, 0.1) is 11.8 Å². The molecular formula is C12H16O3. The third kappa shape index (κ3) is 1.41. The summed E-state index contributed by atoms with van der Waals surface area (Å²) in [6.45, 7) is 0. The fourth-order valence-corrected chi connectivity index (χ4v) is 3.30. The molecule has 0 radical (unpaired) electrons. The standard InChI is InChI=1S/C12H16O3/c13-10-5-4-7-2-1-3-8(7)12-9(10)6-11(14)15-12/h4,8-10,12-13H,1-3,5-6H2. The molecule has 1 N–H and O–H groups in total. The van der Waals surface area contributed by atoms with Gasteiger partial charge in [0.05, 0.1) is 12.5 Å². The Morgan fingerprint density at radius 3 is 3.20 bits per heavy atom. The second kappa shape index (κ2) is 3.34. The van der Waals surface area contributed by atoms with E-state index in [4.69, 9.17) is 4.74 Å². The smallest absolute Gasteiger partial charge is 0.306 e. The second-order valence-electron chi connectivity index (χ2n) is 4.90. The zero-order valence-corrected chi connectivity index (χ0v) is 8.69. The predicted octanol–water partition coefficient (Wildman–Crippen LogP) is 1.41. The van der Waals surface area contributed by atoms with Crippen LogP contribution in [0.2, 0.25) is 0 Å². The molecule has 0 aromatic rings. The van der Waals surface area contributed by atoms with E-state index >= 15 is 0 Å². The van der Waals surface area contributed by atoms with Gasteiger partial charge in [-0.1, -0.05) is 11.6 Å². The summed E-state index contributed by atoms with van der Waals surface area (Å²) in [7, 11) is 0. The van der Waals surface area contributed by atoms with E-state index in [0.717, 1.165) is 12.8 Å². The van der Waals surface area contributed by atoms with Gasteiger partial charge in [0.25, 0.3) is 0 Å². The molecule has 4 unspecified atom stereocenters. The normalized spacial score (nSPS) is 44.1. The van der Waals surface area contributed by atoms with Crippen LogP contribution in [0.5, 0.6) is 0 Å². The van der Waals surface area contributed by atoms with Gasteiger partial charge < -0.3 is 9.84 Å². The number of hydrogen-bond acceptors (Lipinski definition) is 3. The highest BCUT2D eigenvalue weighted by Crippen LogP contribution is 2.44. The summed E-state index contributed by atoms with van der Waals surface area (Å²) in [4.78, 5) is 11.3. The average molecular weight is 208 g/mol. The molecule has 0 amide bonds. The lowest BCUT2D eigenvalue weighted by Gasteiger charge is -2.24. The number of carbonyl (C=O) groups excluding carboxylic acids is 1. The Hall–Kier alpha value is -0.830. The van der Waals surface area contributed by atoms with Crippen molar-refractivity contribution in [2.45, 2.75) is 44.3 Å². The quantitative estimate of drug-likeness (QED) is 0.483. The van der Waals surface area contributed by atoms with Gasteiger partial charge in [-0.25, -0.2) is 0 Å². The van der Waals surface area contributed by atoms with Crippen molar-refractivity contribution in [3.63, 3.8) is 0 Å². The fraction of sp³-hybridized carbons (Fsp3) is 0.750. The van der Waals surface area contributed by atoms with Gasteiger partial charge in [-0.2, -0.15) is 0 Å². The SMILES string of the molecule is O=C1CC2C(O)CC=C3CCCC3C2O1. The summed E-state index contributed by atoms with van der Waals surface area (Å²) in [6, 6.07) is 0. The van der Waals surface area contributed by atoms with Gasteiger partial charge in [-0.3, -0.25) is 4.79 Å². The Morgan fingerprint density at radius 1 is 1.47 bits per heavy atom. The first-order valence-electron chi connectivity index (χ1n) is 5.82. The second-order valence-corrected chi connectivity index (χ2v) is 4.90. The van der Waals surface area contributed by atoms with Crippen LogP contribution in [-0.4, -0.2) is 23.3 Å². The van der Waals surface area contributed by atoms with Crippen LogP contribution in [0.3, 0.4) is 0 Å². The van der Waals surface area contributed by atoms with Crippen molar-refractivity contribution in [3.8, 4) is 0 Å². The minimum Gasteiger partial charge on any atom is -0.461 e. The predicted molar refractivity (Wildman–Crippen MR) is 54.0 cm³/mol. The number of esters is 1. The Kier molecular flexibility index (Phi) is 2.09. The van der Waals surface area contributed by atoms with Gasteiger partial charge >= 0.3 is 5.97 Å². The lowest BCUT2D eigenvalue weighted by molar-refractivity contribution is -0.143. The third-order valence-corrected chi connectivity index (χ3v) is 4.06. The molecule has 0 spiro atoms. The molecule has 1 aliphatic heterocycles. The largest absolute Gasteiger partial charge is 0.461 e. The van der Waals surface area contributed by atoms with Crippen molar-refractivity contribution in [1.82, 2.24) is 0 Å². The molecule has 3 aliphatic rings. The summed E-state index contributed by atoms with van der Waals surface area (Å²) in [5, 5.41) is 9.96. The zero-order chi connectivity index (χ0) is 10.4. The first-order chi connectivity index (χ1) is 7.25. The number of aliphatic hydroxyl groups excluding tert-OH is 1. The summed E-state index contributed by atoms with van der Waals surface area (Å²) < 4.78 is 5.39. The highest BCUT2D eigenvalue weighted by atomic mass is 16.6. The van der Waals surface area contributed by atoms with Crippen LogP contribution in [0.15, 0.2) is 11.6 Å². The van der Waals surface area contributed by atoms with E-state index in [-0.39, 0.29) is 24.1 Å². The monoisotopic (exact) mass is 208 g/mol. The molecule has 1 saturated carbocycles. The molecule has 1 heterocycles. The van der Waals surface area contributed by atoms with Crippen LogP contribution >= 0.6 is 0 Å². The van der Waals surface area contributed by atoms with Crippen molar-refractivity contribution in [2.75, 3.05) is 0 Å². The van der Waals surface area contributed by atoms with Gasteiger partial charge in [-0.05, 0) is 25.7 Å². The van der Waals surface area contributed by atoms with Crippen LogP contribution in [0.1, 0.15) is 32.1 Å². The van der Waals surface area contributed by atoms with Crippen molar-refractivity contribution in [3.05, 3.63) is 11.6 Å². The van der Waals surface area contributed by atoms with Crippen LogP contribution in [0.25, 0.3) is 0 Å². The molecule has 3 heteroatoms. The highest BCUT2D eigenvalue weighted by Gasteiger charge is 2.46. The van der Waals surface area contributed by atoms with Gasteiger partial charge in [0.2, 0.25) is 0 Å². The molecule has 2 aliphatic carbocycles. The summed E-state index contributed by atoms with van der Waals surface area (Å²) in [5.74, 6) is 0.310. The van der Waals surface area contributed by atoms with E-state index in [0.29, 0.717) is 18.8 Å². The minimum absolute atomic E-state index is 0.0364. The van der Waals surface area contributed by atoms with E-state index in [1.54, 1.807) is 0 Å². The van der Waals surface area contributed by atoms with Crippen LogP contribution < -0.4 is 0 Å². The number of hydrogen-bond donors (Lipinski definition) is 1. The zero-order valence-electron chi connectivity index (χ0n) is 8.69. The average Bonchev–Trinajstić information content (AvgIpc) is 2.77. The molecule has 0 aromatic carbocycles. The number of carbonyl (C=O) groups is 1. The van der Waals surface area contributed by atoms with Crippen molar-refractivity contribution in [1.29, 1.82) is 0 Å². The lowest BCUT2D eigenvalue weighted by atomic mass is 9.86. The maximum atomic E-state index is 11.3. The third-order valence-electron chi connectivity index (χ3n) is 4.06. The molecule has 1 saturated heterocycles. The Balaban J connectivity index is 1.93. The summed E-state index contributed by atoms with van der Waals surface area (Å²) in [5.41, 5.74) is 1.41. The molecule has 82 valence electrons. The van der Waals surface area contributed by atoms with Gasteiger partial charge in [0.1, 0.15) is 6.10 Å². The van der Waals surface area contributed by atoms with Gasteiger partial charge in [0, 0.05) is 11.8 Å². The molecule has 15 heavy (non-hydrogen) atoms. The molecule has 3 rings (SSSR count). The molecular weight excluding hydrogens is 192 g/mol. The first-order valence-corrected chi connectivity index (χ1v) is 5.82. The van der Waals surface area contributed by atoms with Crippen LogP contribution in [0.4, 0.5) is 0 Å². The fourth-order valence-electron chi connectivity index (χ4n) is 3.30. The molecule has 0 bridgehead atoms. The van der Waals surface area contributed by atoms with E-state index in [9.17, 15) is 9.90 Å². The van der Waals surface area contributed by atoms with Crippen molar-refractivity contribution < 1.29 is 14.6 Å². The molecule has 3 nitrogen and oxygen atoms in total.